The van der Waals surface area contributed by atoms with Gasteiger partial charge in [-0.2, -0.15) is 0 Å². The molecule has 0 unspecified atom stereocenters. The van der Waals surface area contributed by atoms with E-state index in [1.165, 1.54) is 0 Å². The Morgan fingerprint density at radius 3 is 0.333 bits per heavy atom. The summed E-state index contributed by atoms with van der Waals surface area (Å²) in [6, 6.07) is 0. The van der Waals surface area contributed by atoms with Gasteiger partial charge in [-0.25, -0.2) is 0 Å². The zero-order valence-corrected chi connectivity index (χ0v) is 10.7. The first-order valence-electron chi connectivity index (χ1n) is 1.34. The van der Waals surface area contributed by atoms with E-state index >= 15 is 0 Å². The maximum atomic E-state index is 6.25. The Balaban J connectivity index is -0.00000000396. The number of nitrogens with zero attached hydrogens (tertiary/aromatic N) is 6. The first kappa shape index (κ1) is 95.6. The fraction of sp³-hybridized carbons (Fsp3) is 0. The van der Waals surface area contributed by atoms with Gasteiger partial charge in [0.1, 0.15) is 0 Å². The Morgan fingerprint density at radius 1 is 0.333 bits per heavy atom. The molecule has 0 aromatic carbocycles. The van der Waals surface area contributed by atoms with E-state index in [0.29, 0.717) is 0 Å². The summed E-state index contributed by atoms with van der Waals surface area (Å²) in [5, 5.41) is 37.5. The number of hydrogen-bond donors (Lipinski definition) is 0. The van der Waals surface area contributed by atoms with Crippen molar-refractivity contribution in [3.05, 3.63) is 39.4 Å². The van der Waals surface area contributed by atoms with Gasteiger partial charge in [0, 0.05) is 0 Å². The van der Waals surface area contributed by atoms with E-state index in [1.54, 1.807) is 0 Å². The van der Waals surface area contributed by atoms with E-state index in [4.69, 9.17) is 71.0 Å². The Morgan fingerprint density at radius 2 is 0.333 bits per heavy atom. The number of rotatable bonds is 0. The van der Waals surface area contributed by atoms with Crippen molar-refractivity contribution in [2.24, 2.45) is 0 Å². The molecule has 0 heterocycles. The zero-order chi connectivity index (χ0) is 12.0. The molecule has 0 bridgehead atoms. The summed E-state index contributed by atoms with van der Waals surface area (Å²) in [4.78, 5) is 0. The van der Waals surface area contributed by atoms with E-state index in [-0.39, 0.29) is 61.8 Å². The summed E-state index contributed by atoms with van der Waals surface area (Å²) in [5.41, 5.74) is 0. The molecule has 0 saturated carbocycles. The standard InChI is InChI=1S/6CN.2Ag.Fe/c6*1-2;;;/q6*-1;2*+1;+4. The molecule has 0 rings (SSSR count). The minimum atomic E-state index is 0. The van der Waals surface area contributed by atoms with E-state index in [2.05, 4.69) is 0 Å². The van der Waals surface area contributed by atoms with E-state index in [1.807, 2.05) is 0 Å². The average molecular weight is 428 g/mol. The molecule has 6 nitrogen and oxygen atoms in total. The maximum absolute atomic E-state index is 6.25. The quantitative estimate of drug-likeness (QED) is 0.408. The van der Waals surface area contributed by atoms with Crippen molar-refractivity contribution in [1.29, 1.82) is 31.6 Å². The third-order valence-electron chi connectivity index (χ3n) is 0. The van der Waals surface area contributed by atoms with Gasteiger partial charge in [0.15, 0.2) is 0 Å². The second-order valence-electron chi connectivity index (χ2n) is 0. The monoisotopic (exact) mass is 426 g/mol. The van der Waals surface area contributed by atoms with E-state index < -0.39 is 0 Å². The molecule has 0 fully saturated rings. The van der Waals surface area contributed by atoms with Gasteiger partial charge in [-0.15, -0.1) is 0 Å². The van der Waals surface area contributed by atoms with Gasteiger partial charge >= 0.3 is 61.8 Å². The first-order chi connectivity index (χ1) is 6.00. The Hall–Kier alpha value is -1.06. The summed E-state index contributed by atoms with van der Waals surface area (Å²) < 4.78 is 0. The van der Waals surface area contributed by atoms with Crippen molar-refractivity contribution in [2.75, 3.05) is 0 Å². The molecule has 0 aliphatic heterocycles. The van der Waals surface area contributed by atoms with Crippen LogP contribution < -0.4 is 0 Å². The molecule has 0 aliphatic rings. The molecular weight excluding hydrogens is 428 g/mol. The van der Waals surface area contributed by atoms with Gasteiger partial charge in [0.05, 0.1) is 0 Å². The van der Waals surface area contributed by atoms with Crippen LogP contribution in [0.25, 0.3) is 0 Å². The molecule has 0 atom stereocenters. The van der Waals surface area contributed by atoms with Crippen LogP contribution in [0.2, 0.25) is 0 Å². The van der Waals surface area contributed by atoms with Gasteiger partial charge in [-0.1, -0.05) is 0 Å². The molecule has 0 aromatic rings. The van der Waals surface area contributed by atoms with Crippen molar-refractivity contribution in [3.8, 4) is 0 Å². The molecule has 0 saturated heterocycles. The topological polar surface area (TPSA) is 143 Å². The van der Waals surface area contributed by atoms with Gasteiger partial charge in [0.2, 0.25) is 0 Å². The van der Waals surface area contributed by atoms with Crippen molar-refractivity contribution in [3.63, 3.8) is 0 Å². The van der Waals surface area contributed by atoms with Crippen molar-refractivity contribution in [1.82, 2.24) is 0 Å². The molecule has 9 heteroatoms. The number of hydrogen-bond acceptors (Lipinski definition) is 6. The summed E-state index contributed by atoms with van der Waals surface area (Å²) >= 11 is 0. The SMILES string of the molecule is [Ag+].[Ag+].[C-]#N.[C-]#N.[C-]#N.[C-]#N.[C-]#N.[C-]#N.[Fe+4]. The van der Waals surface area contributed by atoms with Crippen LogP contribution in [0.3, 0.4) is 0 Å². The summed E-state index contributed by atoms with van der Waals surface area (Å²) in [5.74, 6) is 0. The molecule has 0 N–H and O–H groups in total. The van der Waals surface area contributed by atoms with Crippen LogP contribution >= 0.6 is 0 Å². The molecule has 0 amide bonds. The Labute approximate surface area is 132 Å². The summed E-state index contributed by atoms with van der Waals surface area (Å²) in [6.45, 7) is 28.5. The Bertz CT molecular complexity index is 101. The molecule has 15 heavy (non-hydrogen) atoms. The van der Waals surface area contributed by atoms with Crippen LogP contribution in [-0.2, 0) is 61.8 Å². The molecule has 0 radical (unpaired) electrons. The van der Waals surface area contributed by atoms with Crippen LogP contribution in [0.4, 0.5) is 0 Å². The zero-order valence-electron chi connectivity index (χ0n) is 6.64. The summed E-state index contributed by atoms with van der Waals surface area (Å²) in [7, 11) is 0. The van der Waals surface area contributed by atoms with Crippen LogP contribution in [0.1, 0.15) is 0 Å². The fourth-order valence-corrected chi connectivity index (χ4v) is 0. The molecule has 0 spiro atoms. The minimum absolute atomic E-state index is 0. The van der Waals surface area contributed by atoms with Gasteiger partial charge in [-0.3, -0.25) is 0 Å². The average Bonchev–Trinajstić information content (AvgIpc) is 2.33. The minimum Gasteiger partial charge on any atom is -0.512 e. The van der Waals surface area contributed by atoms with Gasteiger partial charge < -0.3 is 71.0 Å². The predicted molar refractivity (Wildman–Crippen MR) is 29.8 cm³/mol. The van der Waals surface area contributed by atoms with Gasteiger partial charge in [0.25, 0.3) is 0 Å². The molecular formula is C6Ag2FeN6. The van der Waals surface area contributed by atoms with Crippen LogP contribution in [0, 0.1) is 71.0 Å². The van der Waals surface area contributed by atoms with Crippen LogP contribution in [0.5, 0.6) is 0 Å². The third-order valence-corrected chi connectivity index (χ3v) is 0. The normalized spacial score (nSPS) is 0.800. The Kier molecular flexibility index (Phi) is 10500. The van der Waals surface area contributed by atoms with Gasteiger partial charge in [-0.05, 0) is 0 Å². The van der Waals surface area contributed by atoms with Crippen molar-refractivity contribution >= 4 is 0 Å². The second-order valence-corrected chi connectivity index (χ2v) is 0. The van der Waals surface area contributed by atoms with Crippen molar-refractivity contribution < 1.29 is 61.8 Å². The second kappa shape index (κ2) is 1640. The van der Waals surface area contributed by atoms with Crippen LogP contribution in [0.15, 0.2) is 0 Å². The third kappa shape index (κ3) is 1380. The van der Waals surface area contributed by atoms with Crippen molar-refractivity contribution in [2.45, 2.75) is 0 Å². The molecule has 0 aromatic heterocycles. The molecule has 84 valence electrons. The molecule has 0 aliphatic carbocycles. The smallest absolute Gasteiger partial charge is 0.512 e. The van der Waals surface area contributed by atoms with E-state index in [9.17, 15) is 0 Å². The fourth-order valence-electron chi connectivity index (χ4n) is 0. The van der Waals surface area contributed by atoms with E-state index in [0.717, 1.165) is 0 Å². The summed E-state index contributed by atoms with van der Waals surface area (Å²) in [6.07, 6.45) is 0. The predicted octanol–water partition coefficient (Wildman–Crippen LogP) is 0.571. The van der Waals surface area contributed by atoms with Crippen LogP contribution in [-0.4, -0.2) is 0 Å². The largest absolute Gasteiger partial charge is 4.00 e. The first-order valence-corrected chi connectivity index (χ1v) is 1.34. The maximum Gasteiger partial charge on any atom is 4.00 e.